The summed E-state index contributed by atoms with van der Waals surface area (Å²) in [6.45, 7) is 0. The van der Waals surface area contributed by atoms with Crippen molar-refractivity contribution in [1.29, 1.82) is 0 Å². The zero-order valence-electron chi connectivity index (χ0n) is 7.36. The Morgan fingerprint density at radius 2 is 0.929 bits per heavy atom. The van der Waals surface area contributed by atoms with E-state index in [2.05, 4.69) is 0 Å². The molecule has 0 radical (unpaired) electrons. The maximum absolute atomic E-state index is 9.60. The second-order valence-corrected chi connectivity index (χ2v) is 3.19. The van der Waals surface area contributed by atoms with Gasteiger partial charge in [0.15, 0.2) is 0 Å². The largest absolute Gasteiger partial charge is 0.397 e. The molecule has 80 valence electrons. The first-order valence-corrected chi connectivity index (χ1v) is 3.68. The van der Waals surface area contributed by atoms with Gasteiger partial charge in [0, 0.05) is 0 Å². The van der Waals surface area contributed by atoms with Gasteiger partial charge in [-0.15, -0.1) is 0 Å². The predicted molar refractivity (Wildman–Crippen MR) is 49.1 cm³/mol. The highest BCUT2D eigenvalue weighted by Crippen LogP contribution is 2.30. The summed E-state index contributed by atoms with van der Waals surface area (Å²) >= 11 is 0. The van der Waals surface area contributed by atoms with Crippen LogP contribution >= 0.6 is 0 Å². The van der Waals surface area contributed by atoms with Crippen LogP contribution in [0.5, 0.6) is 0 Å². The zero-order valence-corrected chi connectivity index (χ0v) is 7.36. The molecule has 0 saturated carbocycles. The van der Waals surface area contributed by atoms with Gasteiger partial charge in [-0.3, -0.25) is 11.5 Å². The van der Waals surface area contributed by atoms with Crippen molar-refractivity contribution < 1.29 is 10.2 Å². The molecule has 0 aliphatic heterocycles. The molecule has 0 aromatic heterocycles. The smallest absolute Gasteiger partial charge is 0.205 e. The summed E-state index contributed by atoms with van der Waals surface area (Å²) < 4.78 is 0. The molecule has 14 N–H and O–H groups in total. The third kappa shape index (κ3) is 0.960. The van der Waals surface area contributed by atoms with E-state index in [4.69, 9.17) is 34.4 Å². The Morgan fingerprint density at radius 1 is 0.714 bits per heavy atom. The van der Waals surface area contributed by atoms with E-state index in [1.54, 1.807) is 0 Å². The van der Waals surface area contributed by atoms with Crippen LogP contribution < -0.4 is 34.4 Å². The first-order valence-electron chi connectivity index (χ1n) is 3.68. The Kier molecular flexibility index (Phi) is 1.90. The molecule has 0 aromatic carbocycles. The Balaban J connectivity index is 3.48. The average Bonchev–Trinajstić information content (AvgIpc) is 2.10. The molecule has 0 fully saturated rings. The lowest BCUT2D eigenvalue weighted by atomic mass is 9.87. The third-order valence-electron chi connectivity index (χ3n) is 2.27. The van der Waals surface area contributed by atoms with Crippen molar-refractivity contribution in [2.75, 3.05) is 0 Å². The van der Waals surface area contributed by atoms with Gasteiger partial charge >= 0.3 is 0 Å². The Morgan fingerprint density at radius 3 is 1.14 bits per heavy atom. The highest BCUT2D eigenvalue weighted by atomic mass is 16.4. The van der Waals surface area contributed by atoms with Crippen LogP contribution in [0.1, 0.15) is 0 Å². The summed E-state index contributed by atoms with van der Waals surface area (Å²) in [6, 6.07) is 0. The standard InChI is InChI=1S/C6H14N6O2/c7-1-2(8)4(10)6(12,14)5(11,13)3(1)9/h13-14H,7-12H2. The maximum Gasteiger partial charge on any atom is 0.205 e. The first kappa shape index (κ1) is 10.6. The second-order valence-electron chi connectivity index (χ2n) is 3.19. The van der Waals surface area contributed by atoms with Crippen LogP contribution in [-0.2, 0) is 0 Å². The van der Waals surface area contributed by atoms with Crippen molar-refractivity contribution in [3.63, 3.8) is 0 Å². The molecule has 0 spiro atoms. The van der Waals surface area contributed by atoms with Gasteiger partial charge in [-0.25, -0.2) is 0 Å². The summed E-state index contributed by atoms with van der Waals surface area (Å²) in [5.41, 5.74) is 26.0. The molecule has 0 saturated heterocycles. The maximum atomic E-state index is 9.60. The van der Waals surface area contributed by atoms with E-state index in [1.165, 1.54) is 0 Å². The van der Waals surface area contributed by atoms with Crippen LogP contribution in [0.4, 0.5) is 0 Å². The normalized spacial score (nSPS) is 39.1. The van der Waals surface area contributed by atoms with Gasteiger partial charge in [0.2, 0.25) is 11.4 Å². The lowest BCUT2D eigenvalue weighted by Crippen LogP contribution is -2.72. The van der Waals surface area contributed by atoms with Gasteiger partial charge in [0.05, 0.1) is 22.8 Å². The summed E-state index contributed by atoms with van der Waals surface area (Å²) in [5.74, 6) is 0. The number of hydrogen-bond acceptors (Lipinski definition) is 8. The molecule has 0 aromatic rings. The van der Waals surface area contributed by atoms with Gasteiger partial charge < -0.3 is 33.1 Å². The van der Waals surface area contributed by atoms with E-state index in [1.807, 2.05) is 0 Å². The number of hydrogen-bond donors (Lipinski definition) is 8. The van der Waals surface area contributed by atoms with Crippen LogP contribution in [0, 0.1) is 0 Å². The van der Waals surface area contributed by atoms with Crippen LogP contribution in [-0.4, -0.2) is 21.7 Å². The van der Waals surface area contributed by atoms with E-state index in [0.29, 0.717) is 0 Å². The number of aliphatic hydroxyl groups is 2. The third-order valence-corrected chi connectivity index (χ3v) is 2.27. The molecule has 8 heteroatoms. The van der Waals surface area contributed by atoms with Gasteiger partial charge in [0.25, 0.3) is 0 Å². The quantitative estimate of drug-likeness (QED) is 0.180. The van der Waals surface area contributed by atoms with Crippen LogP contribution in [0.3, 0.4) is 0 Å². The monoisotopic (exact) mass is 202 g/mol. The van der Waals surface area contributed by atoms with Gasteiger partial charge in [-0.1, -0.05) is 0 Å². The molecule has 14 heavy (non-hydrogen) atoms. The average molecular weight is 202 g/mol. The Hall–Kier alpha value is -1.48. The van der Waals surface area contributed by atoms with Gasteiger partial charge in [0.1, 0.15) is 0 Å². The first-order chi connectivity index (χ1) is 6.14. The van der Waals surface area contributed by atoms with Crippen molar-refractivity contribution in [2.45, 2.75) is 11.4 Å². The summed E-state index contributed by atoms with van der Waals surface area (Å²) in [5, 5.41) is 19.2. The minimum absolute atomic E-state index is 0.192. The fourth-order valence-corrected chi connectivity index (χ4v) is 1.11. The van der Waals surface area contributed by atoms with Crippen LogP contribution in [0.2, 0.25) is 0 Å². The predicted octanol–water partition coefficient (Wildman–Crippen LogP) is -4.45. The van der Waals surface area contributed by atoms with E-state index < -0.39 is 22.8 Å². The van der Waals surface area contributed by atoms with E-state index in [-0.39, 0.29) is 11.4 Å². The molecule has 1 rings (SSSR count). The molecule has 1 aliphatic rings. The molecule has 0 amide bonds. The highest BCUT2D eigenvalue weighted by Gasteiger charge is 2.53. The van der Waals surface area contributed by atoms with Gasteiger partial charge in [-0.2, -0.15) is 0 Å². The summed E-state index contributed by atoms with van der Waals surface area (Å²) in [7, 11) is 0. The molecule has 2 unspecified atom stereocenters. The Labute approximate surface area is 79.8 Å². The van der Waals surface area contributed by atoms with Gasteiger partial charge in [-0.05, 0) is 0 Å². The van der Waals surface area contributed by atoms with E-state index >= 15 is 0 Å². The highest BCUT2D eigenvalue weighted by molar-refractivity contribution is 5.46. The van der Waals surface area contributed by atoms with Crippen molar-refractivity contribution in [2.24, 2.45) is 34.4 Å². The van der Waals surface area contributed by atoms with Crippen molar-refractivity contribution in [3.8, 4) is 0 Å². The molecule has 0 heterocycles. The fourth-order valence-electron chi connectivity index (χ4n) is 1.11. The Bertz CT molecular complexity index is 308. The van der Waals surface area contributed by atoms with E-state index in [0.717, 1.165) is 0 Å². The van der Waals surface area contributed by atoms with Crippen LogP contribution in [0.25, 0.3) is 0 Å². The fraction of sp³-hybridized carbons (Fsp3) is 0.333. The van der Waals surface area contributed by atoms with Crippen molar-refractivity contribution in [3.05, 3.63) is 22.8 Å². The lowest BCUT2D eigenvalue weighted by molar-refractivity contribution is -0.104. The number of rotatable bonds is 0. The minimum atomic E-state index is -2.44. The van der Waals surface area contributed by atoms with Crippen molar-refractivity contribution in [1.82, 2.24) is 0 Å². The van der Waals surface area contributed by atoms with Crippen LogP contribution in [0.15, 0.2) is 22.8 Å². The lowest BCUT2D eigenvalue weighted by Gasteiger charge is -2.42. The number of nitrogens with two attached hydrogens (primary N) is 6. The minimum Gasteiger partial charge on any atom is -0.397 e. The molecule has 1 aliphatic carbocycles. The molecule has 2 atom stereocenters. The van der Waals surface area contributed by atoms with E-state index in [9.17, 15) is 10.2 Å². The topological polar surface area (TPSA) is 197 Å². The summed E-state index contributed by atoms with van der Waals surface area (Å²) in [6.07, 6.45) is 0. The molecule has 0 bridgehead atoms. The SMILES string of the molecule is NC1=C(N)C(N)(O)C(N)(O)C(N)=C1N. The molecular weight excluding hydrogens is 188 g/mol. The molecular formula is C6H14N6O2. The second kappa shape index (κ2) is 2.51. The summed E-state index contributed by atoms with van der Waals surface area (Å²) in [4.78, 5) is 0. The zero-order chi connectivity index (χ0) is 11.3. The van der Waals surface area contributed by atoms with Crippen molar-refractivity contribution >= 4 is 0 Å². The molecule has 8 nitrogen and oxygen atoms in total.